The maximum atomic E-state index is 13.5. The number of carbonyl (C=O) groups is 3. The Hall–Kier alpha value is -3.22. The van der Waals surface area contributed by atoms with Crippen molar-refractivity contribution in [2.45, 2.75) is 13.3 Å². The van der Waals surface area contributed by atoms with E-state index in [2.05, 4.69) is 10.6 Å². The largest absolute Gasteiger partial charge is 0.354 e. The highest BCUT2D eigenvalue weighted by atomic mass is 19.1. The normalized spacial score (nSPS) is 16.1. The van der Waals surface area contributed by atoms with Gasteiger partial charge in [0.15, 0.2) is 0 Å². The molecular formula is C21H22FN3O3. The first-order valence-corrected chi connectivity index (χ1v) is 9.13. The van der Waals surface area contributed by atoms with Gasteiger partial charge < -0.3 is 15.5 Å². The zero-order valence-electron chi connectivity index (χ0n) is 15.6. The lowest BCUT2D eigenvalue weighted by atomic mass is 10.1. The smallest absolute Gasteiger partial charge is 0.251 e. The fourth-order valence-corrected chi connectivity index (χ4v) is 3.08. The number of aryl methyl sites for hydroxylation is 1. The summed E-state index contributed by atoms with van der Waals surface area (Å²) < 4.78 is 13.5. The van der Waals surface area contributed by atoms with Gasteiger partial charge in [-0.3, -0.25) is 14.4 Å². The Kier molecular flexibility index (Phi) is 6.03. The van der Waals surface area contributed by atoms with E-state index in [0.29, 0.717) is 12.1 Å². The molecular weight excluding hydrogens is 361 g/mol. The molecule has 1 heterocycles. The Morgan fingerprint density at radius 2 is 1.82 bits per heavy atom. The molecule has 3 amide bonds. The third-order valence-electron chi connectivity index (χ3n) is 4.71. The minimum absolute atomic E-state index is 0.0824. The van der Waals surface area contributed by atoms with Crippen LogP contribution in [0.1, 0.15) is 22.3 Å². The molecule has 2 aromatic carbocycles. The van der Waals surface area contributed by atoms with E-state index in [1.54, 1.807) is 24.0 Å². The number of nitrogens with zero attached hydrogens (tertiary/aromatic N) is 1. The van der Waals surface area contributed by atoms with Crippen LogP contribution in [-0.4, -0.2) is 37.4 Å². The van der Waals surface area contributed by atoms with Crippen molar-refractivity contribution >= 4 is 23.4 Å². The van der Waals surface area contributed by atoms with E-state index in [1.165, 1.54) is 6.07 Å². The highest BCUT2D eigenvalue weighted by molar-refractivity contribution is 6.00. The summed E-state index contributed by atoms with van der Waals surface area (Å²) in [7, 11) is 0. The Labute approximate surface area is 162 Å². The lowest BCUT2D eigenvalue weighted by molar-refractivity contribution is -0.126. The quantitative estimate of drug-likeness (QED) is 0.750. The van der Waals surface area contributed by atoms with E-state index in [4.69, 9.17) is 0 Å². The van der Waals surface area contributed by atoms with E-state index < -0.39 is 17.6 Å². The van der Waals surface area contributed by atoms with Crippen LogP contribution in [0.5, 0.6) is 0 Å². The molecule has 7 heteroatoms. The number of hydrogen-bond acceptors (Lipinski definition) is 3. The van der Waals surface area contributed by atoms with Crippen LogP contribution in [0.15, 0.2) is 48.5 Å². The molecule has 1 unspecified atom stereocenters. The van der Waals surface area contributed by atoms with Gasteiger partial charge in [0.1, 0.15) is 5.82 Å². The minimum Gasteiger partial charge on any atom is -0.354 e. The average Bonchev–Trinajstić information content (AvgIpc) is 3.09. The van der Waals surface area contributed by atoms with Crippen LogP contribution in [0.25, 0.3) is 0 Å². The van der Waals surface area contributed by atoms with E-state index in [1.807, 2.05) is 30.3 Å². The van der Waals surface area contributed by atoms with Crippen LogP contribution in [-0.2, 0) is 9.59 Å². The molecule has 1 fully saturated rings. The van der Waals surface area contributed by atoms with E-state index in [0.717, 1.165) is 5.69 Å². The lowest BCUT2D eigenvalue weighted by Crippen LogP contribution is -2.38. The van der Waals surface area contributed by atoms with Crippen LogP contribution in [0, 0.1) is 18.7 Å². The summed E-state index contributed by atoms with van der Waals surface area (Å²) in [5.74, 6) is -1.56. The minimum atomic E-state index is -0.435. The molecule has 0 spiro atoms. The van der Waals surface area contributed by atoms with Crippen LogP contribution in [0.3, 0.4) is 0 Å². The molecule has 2 aromatic rings. The zero-order valence-corrected chi connectivity index (χ0v) is 15.6. The van der Waals surface area contributed by atoms with Gasteiger partial charge in [0, 0.05) is 37.3 Å². The highest BCUT2D eigenvalue weighted by Gasteiger charge is 2.34. The SMILES string of the molecule is Cc1ccc(C(=O)NCCNC(=O)C2CC(=O)N(c3ccccc3)C2)cc1F. The summed E-state index contributed by atoms with van der Waals surface area (Å²) in [5.41, 5.74) is 1.48. The monoisotopic (exact) mass is 383 g/mol. The Bertz CT molecular complexity index is 886. The fourth-order valence-electron chi connectivity index (χ4n) is 3.08. The van der Waals surface area contributed by atoms with Gasteiger partial charge in [-0.05, 0) is 36.8 Å². The van der Waals surface area contributed by atoms with Gasteiger partial charge in [-0.1, -0.05) is 24.3 Å². The van der Waals surface area contributed by atoms with Gasteiger partial charge in [0.25, 0.3) is 5.91 Å². The number of carbonyl (C=O) groups excluding carboxylic acids is 3. The zero-order chi connectivity index (χ0) is 20.1. The number of benzene rings is 2. The maximum Gasteiger partial charge on any atom is 0.251 e. The van der Waals surface area contributed by atoms with Gasteiger partial charge in [-0.25, -0.2) is 4.39 Å². The Balaban J connectivity index is 1.44. The van der Waals surface area contributed by atoms with Gasteiger partial charge in [-0.2, -0.15) is 0 Å². The van der Waals surface area contributed by atoms with Crippen LogP contribution in [0.4, 0.5) is 10.1 Å². The molecule has 0 aromatic heterocycles. The fraction of sp³-hybridized carbons (Fsp3) is 0.286. The van der Waals surface area contributed by atoms with Crippen molar-refractivity contribution in [3.05, 3.63) is 65.5 Å². The van der Waals surface area contributed by atoms with Crippen molar-refractivity contribution < 1.29 is 18.8 Å². The molecule has 1 atom stereocenters. The third-order valence-corrected chi connectivity index (χ3v) is 4.71. The van der Waals surface area contributed by atoms with E-state index >= 15 is 0 Å². The molecule has 2 N–H and O–H groups in total. The van der Waals surface area contributed by atoms with E-state index in [-0.39, 0.29) is 36.9 Å². The summed E-state index contributed by atoms with van der Waals surface area (Å²) in [4.78, 5) is 38.1. The Morgan fingerprint density at radius 3 is 2.54 bits per heavy atom. The number of anilines is 1. The van der Waals surface area contributed by atoms with Crippen molar-refractivity contribution in [2.75, 3.05) is 24.5 Å². The van der Waals surface area contributed by atoms with Gasteiger partial charge in [-0.15, -0.1) is 0 Å². The van der Waals surface area contributed by atoms with Crippen molar-refractivity contribution in [3.63, 3.8) is 0 Å². The maximum absolute atomic E-state index is 13.5. The number of nitrogens with one attached hydrogen (secondary N) is 2. The van der Waals surface area contributed by atoms with E-state index in [9.17, 15) is 18.8 Å². The molecule has 1 saturated heterocycles. The number of halogens is 1. The topological polar surface area (TPSA) is 78.5 Å². The summed E-state index contributed by atoms with van der Waals surface area (Å²) in [6.45, 7) is 2.40. The van der Waals surface area contributed by atoms with Gasteiger partial charge in [0.05, 0.1) is 5.92 Å². The first kappa shape index (κ1) is 19.5. The number of rotatable bonds is 6. The van der Waals surface area contributed by atoms with Crippen molar-refractivity contribution in [1.29, 1.82) is 0 Å². The molecule has 6 nitrogen and oxygen atoms in total. The Morgan fingerprint density at radius 1 is 1.11 bits per heavy atom. The summed E-state index contributed by atoms with van der Waals surface area (Å²) in [5, 5.41) is 5.38. The van der Waals surface area contributed by atoms with Crippen molar-refractivity contribution in [3.8, 4) is 0 Å². The van der Waals surface area contributed by atoms with Gasteiger partial charge >= 0.3 is 0 Å². The first-order chi connectivity index (χ1) is 13.5. The highest BCUT2D eigenvalue weighted by Crippen LogP contribution is 2.24. The summed E-state index contributed by atoms with van der Waals surface area (Å²) in [6.07, 6.45) is 0.162. The van der Waals surface area contributed by atoms with Gasteiger partial charge in [0.2, 0.25) is 11.8 Å². The van der Waals surface area contributed by atoms with Crippen molar-refractivity contribution in [1.82, 2.24) is 10.6 Å². The van der Waals surface area contributed by atoms with Crippen LogP contribution < -0.4 is 15.5 Å². The van der Waals surface area contributed by atoms with Crippen molar-refractivity contribution in [2.24, 2.45) is 5.92 Å². The molecule has 146 valence electrons. The van der Waals surface area contributed by atoms with Crippen LogP contribution >= 0.6 is 0 Å². The molecule has 28 heavy (non-hydrogen) atoms. The molecule has 1 aliphatic rings. The number of amides is 3. The number of hydrogen-bond donors (Lipinski definition) is 2. The predicted molar refractivity (Wildman–Crippen MR) is 103 cm³/mol. The molecule has 0 aliphatic carbocycles. The molecule has 0 saturated carbocycles. The second kappa shape index (κ2) is 8.65. The summed E-state index contributed by atoms with van der Waals surface area (Å²) in [6, 6.07) is 13.5. The predicted octanol–water partition coefficient (Wildman–Crippen LogP) is 2.03. The molecule has 1 aliphatic heterocycles. The second-order valence-corrected chi connectivity index (χ2v) is 6.75. The molecule has 0 radical (unpaired) electrons. The molecule has 3 rings (SSSR count). The number of para-hydroxylation sites is 1. The average molecular weight is 383 g/mol. The standard InChI is InChI=1S/C21H22FN3O3/c1-14-7-8-15(11-18(14)22)20(27)23-9-10-24-21(28)16-12-19(26)25(13-16)17-5-3-2-4-6-17/h2-8,11,16H,9-10,12-13H2,1H3,(H,23,27)(H,24,28). The third kappa shape index (κ3) is 4.54. The first-order valence-electron chi connectivity index (χ1n) is 9.13. The summed E-state index contributed by atoms with van der Waals surface area (Å²) >= 11 is 0. The molecule has 0 bridgehead atoms. The van der Waals surface area contributed by atoms with Crippen LogP contribution in [0.2, 0.25) is 0 Å². The second-order valence-electron chi connectivity index (χ2n) is 6.75. The lowest BCUT2D eigenvalue weighted by Gasteiger charge is -2.16.